The van der Waals surface area contributed by atoms with E-state index in [4.69, 9.17) is 5.11 Å². The van der Waals surface area contributed by atoms with E-state index in [0.29, 0.717) is 12.1 Å². The summed E-state index contributed by atoms with van der Waals surface area (Å²) in [6.45, 7) is 0.0915. The van der Waals surface area contributed by atoms with Gasteiger partial charge in [-0.1, -0.05) is 0 Å². The molecule has 1 N–H and O–H groups in total. The molecule has 1 rings (SSSR count). The van der Waals surface area contributed by atoms with Gasteiger partial charge in [0, 0.05) is 18.3 Å². The molecule has 0 atom stereocenters. The molecule has 0 saturated carbocycles. The molecule has 0 aliphatic rings. The number of aliphatic hydroxyl groups excluding tert-OH is 1. The van der Waals surface area contributed by atoms with Gasteiger partial charge in [-0.15, -0.1) is 5.10 Å². The van der Waals surface area contributed by atoms with Crippen LogP contribution in [0.5, 0.6) is 0 Å². The molecular formula is C4H6N2O2. The third kappa shape index (κ3) is 1.04. The molecule has 0 bridgehead atoms. The number of hydrogen-bond donors (Lipinski definition) is 1. The lowest BCUT2D eigenvalue weighted by atomic mass is 10.4. The molecule has 0 aliphatic carbocycles. The lowest BCUT2D eigenvalue weighted by Crippen LogP contribution is -1.89. The van der Waals surface area contributed by atoms with E-state index in [-0.39, 0.29) is 6.61 Å². The zero-order valence-electron chi connectivity index (χ0n) is 4.24. The second kappa shape index (κ2) is 2.42. The van der Waals surface area contributed by atoms with Gasteiger partial charge in [-0.2, -0.15) is 0 Å². The number of aromatic nitrogens is 2. The van der Waals surface area contributed by atoms with Gasteiger partial charge in [-0.05, 0) is 0 Å². The van der Waals surface area contributed by atoms with E-state index in [9.17, 15) is 0 Å². The van der Waals surface area contributed by atoms with Gasteiger partial charge in [0.05, 0.1) is 0 Å². The molecular weight excluding hydrogens is 108 g/mol. The van der Waals surface area contributed by atoms with E-state index in [2.05, 4.69) is 14.9 Å². The zero-order valence-corrected chi connectivity index (χ0v) is 4.24. The number of aliphatic hydroxyl groups is 1. The van der Waals surface area contributed by atoms with Gasteiger partial charge in [-0.25, -0.2) is 0 Å². The van der Waals surface area contributed by atoms with Crippen LogP contribution in [0.2, 0.25) is 0 Å². The van der Waals surface area contributed by atoms with Crippen molar-refractivity contribution in [2.45, 2.75) is 6.42 Å². The Morgan fingerprint density at radius 2 is 2.62 bits per heavy atom. The number of hydrogen-bond acceptors (Lipinski definition) is 4. The van der Waals surface area contributed by atoms with Crippen molar-refractivity contribution in [2.24, 2.45) is 0 Å². The first-order chi connectivity index (χ1) is 3.93. The molecule has 0 aliphatic heterocycles. The van der Waals surface area contributed by atoms with Gasteiger partial charge in [0.1, 0.15) is 12.0 Å². The van der Waals surface area contributed by atoms with Crippen molar-refractivity contribution in [3.8, 4) is 0 Å². The Morgan fingerprint density at radius 3 is 3.12 bits per heavy atom. The average molecular weight is 114 g/mol. The van der Waals surface area contributed by atoms with Crippen molar-refractivity contribution in [1.29, 1.82) is 0 Å². The Kier molecular flexibility index (Phi) is 1.58. The van der Waals surface area contributed by atoms with Crippen molar-refractivity contribution in [3.63, 3.8) is 0 Å². The quantitative estimate of drug-likeness (QED) is 0.568. The molecule has 0 aromatic carbocycles. The highest BCUT2D eigenvalue weighted by Gasteiger charge is 1.92. The maximum atomic E-state index is 8.33. The Labute approximate surface area is 46.1 Å². The summed E-state index contributed by atoms with van der Waals surface area (Å²) < 4.78 is 4.39. The highest BCUT2D eigenvalue weighted by atomic mass is 16.5. The molecule has 0 fully saturated rings. The Bertz CT molecular complexity index is 138. The lowest BCUT2D eigenvalue weighted by Gasteiger charge is -1.81. The summed E-state index contributed by atoms with van der Waals surface area (Å²) >= 11 is 0. The van der Waals surface area contributed by atoms with Gasteiger partial charge >= 0.3 is 0 Å². The third-order valence-corrected chi connectivity index (χ3v) is 0.773. The lowest BCUT2D eigenvalue weighted by molar-refractivity contribution is 0.298. The first-order valence-electron chi connectivity index (χ1n) is 2.30. The maximum Gasteiger partial charge on any atom is 0.147 e. The first-order valence-corrected chi connectivity index (χ1v) is 2.30. The minimum Gasteiger partial charge on any atom is -0.396 e. The average Bonchev–Trinajstić information content (AvgIpc) is 2.19. The largest absolute Gasteiger partial charge is 0.396 e. The van der Waals surface area contributed by atoms with Crippen LogP contribution in [0.15, 0.2) is 10.8 Å². The predicted molar refractivity (Wildman–Crippen MR) is 25.1 cm³/mol. The van der Waals surface area contributed by atoms with Crippen LogP contribution in [0.3, 0.4) is 0 Å². The SMILES string of the molecule is OCCc1conn1. The standard InChI is InChI=1S/C4H6N2O2/c7-2-1-4-3-8-6-5-4/h3,7H,1-2H2. The van der Waals surface area contributed by atoms with Gasteiger partial charge in [0.25, 0.3) is 0 Å². The second-order valence-corrected chi connectivity index (χ2v) is 1.37. The van der Waals surface area contributed by atoms with Crippen LogP contribution in [-0.2, 0) is 6.42 Å². The van der Waals surface area contributed by atoms with Crippen LogP contribution < -0.4 is 0 Å². The Morgan fingerprint density at radius 1 is 1.75 bits per heavy atom. The smallest absolute Gasteiger partial charge is 0.147 e. The Hall–Kier alpha value is -0.900. The molecule has 0 saturated heterocycles. The van der Waals surface area contributed by atoms with E-state index in [1.807, 2.05) is 0 Å². The third-order valence-electron chi connectivity index (χ3n) is 0.773. The van der Waals surface area contributed by atoms with Crippen molar-refractivity contribution in [1.82, 2.24) is 10.4 Å². The molecule has 0 radical (unpaired) electrons. The summed E-state index contributed by atoms with van der Waals surface area (Å²) in [5.74, 6) is 0. The molecule has 1 heterocycles. The van der Waals surface area contributed by atoms with Crippen molar-refractivity contribution < 1.29 is 9.63 Å². The molecule has 44 valence electrons. The molecule has 4 heteroatoms. The molecule has 1 aromatic rings. The zero-order chi connectivity index (χ0) is 5.82. The fourth-order valence-electron chi connectivity index (χ4n) is 0.407. The summed E-state index contributed by atoms with van der Waals surface area (Å²) in [4.78, 5) is 0. The minimum absolute atomic E-state index is 0.0915. The normalized spacial score (nSPS) is 9.62. The second-order valence-electron chi connectivity index (χ2n) is 1.37. The summed E-state index contributed by atoms with van der Waals surface area (Å²) in [6.07, 6.45) is 1.93. The molecule has 1 aromatic heterocycles. The van der Waals surface area contributed by atoms with Gasteiger partial charge < -0.3 is 9.63 Å². The Balaban J connectivity index is 2.50. The van der Waals surface area contributed by atoms with E-state index >= 15 is 0 Å². The van der Waals surface area contributed by atoms with E-state index in [1.54, 1.807) is 0 Å². The van der Waals surface area contributed by atoms with Gasteiger partial charge in [0.2, 0.25) is 0 Å². The molecule has 0 amide bonds. The highest BCUT2D eigenvalue weighted by molar-refractivity contribution is 4.86. The molecule has 0 spiro atoms. The van der Waals surface area contributed by atoms with Crippen molar-refractivity contribution >= 4 is 0 Å². The fraction of sp³-hybridized carbons (Fsp3) is 0.500. The van der Waals surface area contributed by atoms with Gasteiger partial charge in [0.15, 0.2) is 0 Å². The van der Waals surface area contributed by atoms with Crippen LogP contribution >= 0.6 is 0 Å². The number of nitrogens with zero attached hydrogens (tertiary/aromatic N) is 2. The van der Waals surface area contributed by atoms with E-state index in [0.717, 1.165) is 0 Å². The van der Waals surface area contributed by atoms with Crippen LogP contribution in [0.25, 0.3) is 0 Å². The number of rotatable bonds is 2. The molecule has 0 unspecified atom stereocenters. The minimum atomic E-state index is 0.0915. The monoisotopic (exact) mass is 114 g/mol. The van der Waals surface area contributed by atoms with Crippen LogP contribution in [0, 0.1) is 0 Å². The maximum absolute atomic E-state index is 8.33. The summed E-state index contributed by atoms with van der Waals surface area (Å²) in [7, 11) is 0. The van der Waals surface area contributed by atoms with Crippen molar-refractivity contribution in [3.05, 3.63) is 12.0 Å². The fourth-order valence-corrected chi connectivity index (χ4v) is 0.407. The molecule has 8 heavy (non-hydrogen) atoms. The van der Waals surface area contributed by atoms with Gasteiger partial charge in [-0.3, -0.25) is 0 Å². The van der Waals surface area contributed by atoms with Crippen LogP contribution in [0.1, 0.15) is 5.69 Å². The van der Waals surface area contributed by atoms with Crippen LogP contribution in [0.4, 0.5) is 0 Å². The van der Waals surface area contributed by atoms with Crippen LogP contribution in [-0.4, -0.2) is 22.1 Å². The van der Waals surface area contributed by atoms with E-state index in [1.165, 1.54) is 6.26 Å². The summed E-state index contributed by atoms with van der Waals surface area (Å²) in [5.41, 5.74) is 0.688. The summed E-state index contributed by atoms with van der Waals surface area (Å²) in [5, 5.41) is 15.1. The predicted octanol–water partition coefficient (Wildman–Crippen LogP) is -0.396. The summed E-state index contributed by atoms with van der Waals surface area (Å²) in [6, 6.07) is 0. The topological polar surface area (TPSA) is 59.2 Å². The van der Waals surface area contributed by atoms with E-state index < -0.39 is 0 Å². The first kappa shape index (κ1) is 5.24. The molecule has 4 nitrogen and oxygen atoms in total. The highest BCUT2D eigenvalue weighted by Crippen LogP contribution is 1.89. The van der Waals surface area contributed by atoms with Crippen molar-refractivity contribution in [2.75, 3.05) is 6.61 Å².